The fraction of sp³-hybridized carbons (Fsp3) is 0.576. The van der Waals surface area contributed by atoms with Crippen LogP contribution in [0.4, 0.5) is 23.5 Å². The average Bonchev–Trinajstić information content (AvgIpc) is 0.845. The molecule has 3 aliphatic rings. The molecule has 0 atom stereocenters. The molecule has 0 saturated carbocycles. The Bertz CT molecular complexity index is 3310. The summed E-state index contributed by atoms with van der Waals surface area (Å²) in [6.07, 6.45) is 15.1. The number of anilines is 4. The van der Waals surface area contributed by atoms with E-state index in [0.29, 0.717) is 60.4 Å². The van der Waals surface area contributed by atoms with Crippen LogP contribution in [0, 0.1) is 0 Å². The summed E-state index contributed by atoms with van der Waals surface area (Å²) in [5.41, 5.74) is 2.14. The van der Waals surface area contributed by atoms with E-state index in [4.69, 9.17) is 58.4 Å². The summed E-state index contributed by atoms with van der Waals surface area (Å²) in [7, 11) is -10.3. The van der Waals surface area contributed by atoms with Crippen LogP contribution in [0.3, 0.4) is 0 Å². The van der Waals surface area contributed by atoms with Crippen molar-refractivity contribution in [2.24, 2.45) is 0 Å². The molecule has 1 aliphatic carbocycles. The van der Waals surface area contributed by atoms with Crippen LogP contribution in [0.25, 0.3) is 33.4 Å². The van der Waals surface area contributed by atoms with Crippen molar-refractivity contribution in [2.75, 3.05) is 118 Å². The van der Waals surface area contributed by atoms with Crippen molar-refractivity contribution in [2.45, 2.75) is 134 Å². The zero-order valence-electron chi connectivity index (χ0n) is 49.3. The summed E-state index contributed by atoms with van der Waals surface area (Å²) < 4.78 is 99.4. The Morgan fingerprint density at radius 3 is 1.64 bits per heavy atom. The molecule has 20 nitrogen and oxygen atoms in total. The summed E-state index contributed by atoms with van der Waals surface area (Å²) in [5, 5.41) is 0.967. The fourth-order valence-corrected chi connectivity index (χ4v) is 14.0. The molecule has 0 spiro atoms. The van der Waals surface area contributed by atoms with Gasteiger partial charge >= 0.3 is 0 Å². The third kappa shape index (κ3) is 18.3. The zero-order valence-corrected chi connectivity index (χ0v) is 53.2. The van der Waals surface area contributed by atoms with Gasteiger partial charge in [-0.25, -0.2) is 17.3 Å². The number of fused-ring (bicyclic) bond motifs is 2. The van der Waals surface area contributed by atoms with Crippen molar-refractivity contribution in [3.8, 4) is 22.5 Å². The molecule has 2 aliphatic heterocycles. The van der Waals surface area contributed by atoms with Crippen LogP contribution in [0.15, 0.2) is 68.8 Å². The Balaban J connectivity index is 1.26. The third-order valence-electron chi connectivity index (χ3n) is 15.1. The maximum atomic E-state index is 15.8. The highest BCUT2D eigenvalue weighted by atomic mass is 35.5. The number of rotatable bonds is 27. The van der Waals surface area contributed by atoms with E-state index in [1.807, 2.05) is 41.3 Å². The number of ether oxygens (including phenoxy) is 3. The smallest absolute Gasteiger partial charge is 0.296 e. The molecule has 4 aromatic rings. The SMILES string of the molecule is CCCCCCCCCCCCCCCCN(c1nc(Cl)nc(N2CCOCCOCCN(c3nc(Cl)nc(Cl)n3)CCOCC2)n1)S(=O)(=O)c1cccc(-c2c3ccc(=[N+](CC)CC)cc-3oc3cc(N(CC)CC)ccc23)c1S(=O)(=O)O. The largest absolute Gasteiger partial charge is 0.456 e. The molecule has 1 fully saturated rings. The van der Waals surface area contributed by atoms with E-state index in [-0.39, 0.29) is 91.9 Å². The Morgan fingerprint density at radius 1 is 0.583 bits per heavy atom. The molecule has 4 heterocycles. The molecule has 0 bridgehead atoms. The minimum absolute atomic E-state index is 0.0258. The fourth-order valence-electron chi connectivity index (χ4n) is 10.6. The van der Waals surface area contributed by atoms with Gasteiger partial charge in [-0.15, -0.1) is 0 Å². The van der Waals surface area contributed by atoms with Crippen LogP contribution >= 0.6 is 34.8 Å². The van der Waals surface area contributed by atoms with Crippen molar-refractivity contribution in [1.29, 1.82) is 0 Å². The number of aromatic nitrogens is 6. The van der Waals surface area contributed by atoms with E-state index < -0.39 is 29.9 Å². The van der Waals surface area contributed by atoms with Crippen molar-refractivity contribution in [1.82, 2.24) is 34.5 Å². The molecule has 0 unspecified atom stereocenters. The van der Waals surface area contributed by atoms with Crippen molar-refractivity contribution in [3.05, 3.63) is 75.8 Å². The molecule has 7 rings (SSSR count). The molecule has 84 heavy (non-hydrogen) atoms. The van der Waals surface area contributed by atoms with Gasteiger partial charge in [-0.05, 0) is 93.2 Å². The van der Waals surface area contributed by atoms with Crippen LogP contribution in [0.2, 0.25) is 15.9 Å². The first-order valence-corrected chi connectivity index (χ1v) is 33.8. The molecule has 25 heteroatoms. The predicted octanol–water partition coefficient (Wildman–Crippen LogP) is 11.5. The summed E-state index contributed by atoms with van der Waals surface area (Å²) in [5.74, 6) is 0.380. The van der Waals surface area contributed by atoms with Crippen LogP contribution in [0.1, 0.15) is 125 Å². The quantitative estimate of drug-likeness (QED) is 0.0219. The maximum Gasteiger partial charge on any atom is 0.296 e. The first kappa shape index (κ1) is 66.5. The Hall–Kier alpha value is -5.04. The molecular weight excluding hydrogens is 1180 g/mol. The number of hydrogen-bond acceptors (Lipinski definition) is 17. The second kappa shape index (κ2) is 33.2. The summed E-state index contributed by atoms with van der Waals surface area (Å²) in [4.78, 5) is 30.3. The second-order valence-corrected chi connectivity index (χ2v) is 24.9. The molecule has 0 amide bonds. The van der Waals surface area contributed by atoms with Crippen LogP contribution < -0.4 is 28.9 Å². The van der Waals surface area contributed by atoms with Gasteiger partial charge in [0.2, 0.25) is 39.1 Å². The predicted molar refractivity (Wildman–Crippen MR) is 334 cm³/mol. The van der Waals surface area contributed by atoms with E-state index in [9.17, 15) is 13.0 Å². The molecule has 0 radical (unpaired) electrons. The Labute approximate surface area is 511 Å². The van der Waals surface area contributed by atoms with Gasteiger partial charge in [-0.3, -0.25) is 4.55 Å². The lowest BCUT2D eigenvalue weighted by Gasteiger charge is -2.27. The van der Waals surface area contributed by atoms with Gasteiger partial charge in [0.15, 0.2) is 0 Å². The van der Waals surface area contributed by atoms with Crippen LogP contribution in [0.5, 0.6) is 0 Å². The average molecular weight is 1260 g/mol. The van der Waals surface area contributed by atoms with Gasteiger partial charge in [0.25, 0.3) is 20.1 Å². The molecule has 460 valence electrons. The van der Waals surface area contributed by atoms with E-state index in [1.165, 1.54) is 69.6 Å². The maximum absolute atomic E-state index is 15.8. The number of hydrogen-bond donors (Lipinski definition) is 1. The number of nitrogens with zero attached hydrogens (tertiary/aromatic N) is 11. The van der Waals surface area contributed by atoms with Gasteiger partial charge < -0.3 is 33.3 Å². The summed E-state index contributed by atoms with van der Waals surface area (Å²) >= 11 is 19.0. The highest BCUT2D eigenvalue weighted by Crippen LogP contribution is 2.45. The minimum Gasteiger partial charge on any atom is -0.456 e. The van der Waals surface area contributed by atoms with Gasteiger partial charge in [-0.2, -0.15) is 38.3 Å². The third-order valence-corrected chi connectivity index (χ3v) is 18.5. The monoisotopic (exact) mass is 1260 g/mol. The minimum atomic E-state index is -5.34. The van der Waals surface area contributed by atoms with Gasteiger partial charge in [0, 0.05) is 85.7 Å². The zero-order chi connectivity index (χ0) is 60.1. The van der Waals surface area contributed by atoms with Crippen LogP contribution in [-0.2, 0) is 34.4 Å². The molecule has 1 N–H and O–H groups in total. The lowest BCUT2D eigenvalue weighted by molar-refractivity contribution is 0.0529. The Kier molecular flexibility index (Phi) is 26.3. The lowest BCUT2D eigenvalue weighted by Crippen LogP contribution is -2.37. The van der Waals surface area contributed by atoms with E-state index in [0.717, 1.165) is 67.2 Å². The molecule has 2 aromatic carbocycles. The lowest BCUT2D eigenvalue weighted by atomic mass is 9.93. The first-order valence-electron chi connectivity index (χ1n) is 29.8. The van der Waals surface area contributed by atoms with Crippen molar-refractivity contribution in [3.63, 3.8) is 0 Å². The van der Waals surface area contributed by atoms with E-state index in [2.05, 4.69) is 69.0 Å². The first-order chi connectivity index (χ1) is 40.6. The highest BCUT2D eigenvalue weighted by molar-refractivity contribution is 7.94. The van der Waals surface area contributed by atoms with Crippen molar-refractivity contribution >= 4 is 89.4 Å². The Morgan fingerprint density at radius 2 is 1.11 bits per heavy atom. The number of unbranched alkanes of at least 4 members (excludes halogenated alkanes) is 13. The molecule has 2 aromatic heterocycles. The number of sulfonamides is 1. The van der Waals surface area contributed by atoms with E-state index in [1.54, 1.807) is 4.90 Å². The molecular formula is C59H83Cl3N11O9S2+. The summed E-state index contributed by atoms with van der Waals surface area (Å²) in [6, 6.07) is 15.5. The van der Waals surface area contributed by atoms with Gasteiger partial charge in [-0.1, -0.05) is 103 Å². The second-order valence-electron chi connectivity index (χ2n) is 20.7. The normalized spacial score (nSPS) is 14.4. The van der Waals surface area contributed by atoms with Crippen LogP contribution in [-0.4, -0.2) is 150 Å². The molecule has 1 saturated heterocycles. The van der Waals surface area contributed by atoms with Gasteiger partial charge in [0.05, 0.1) is 45.7 Å². The topological polar surface area (TPSA) is 223 Å². The summed E-state index contributed by atoms with van der Waals surface area (Å²) in [6.45, 7) is 15.8. The van der Waals surface area contributed by atoms with E-state index >= 15 is 8.42 Å². The number of benzene rings is 3. The standard InChI is InChI=1S/C59H82Cl3N11O9S2/c1-6-11-12-13-14-15-16-17-18-19-20-21-22-23-31-73(59-67-56(62)66-58(68-59)72-33-37-79-36-32-71(34-38-80-40-41-81-39-35-72)57-64-54(60)63-55(61)65-57)83(74,75)51-26-24-25-48(53(51)84(76,77)78)52-46-29-27-44(69(7-2)8-3)42-49(46)82-50-43-45(28-30-47(50)52)70(9-4)10-5/h24-30,42-43H,6-23,31-41H2,1-5H3/p+1. The van der Waals surface area contributed by atoms with Gasteiger partial charge in [0.1, 0.15) is 34.2 Å². The number of halogens is 3. The van der Waals surface area contributed by atoms with Crippen molar-refractivity contribution < 1.29 is 40.0 Å². The highest BCUT2D eigenvalue weighted by Gasteiger charge is 2.37.